The van der Waals surface area contributed by atoms with E-state index in [4.69, 9.17) is 14.2 Å². The van der Waals surface area contributed by atoms with E-state index in [-0.39, 0.29) is 36.8 Å². The van der Waals surface area contributed by atoms with Gasteiger partial charge in [0.25, 0.3) is 11.8 Å². The Morgan fingerprint density at radius 3 is 2.83 bits per heavy atom. The van der Waals surface area contributed by atoms with Crippen LogP contribution in [0.25, 0.3) is 21.6 Å². The van der Waals surface area contributed by atoms with E-state index in [2.05, 4.69) is 4.74 Å². The molecular weight excluding hydrogens is 627 g/mol. The lowest BCUT2D eigenvalue weighted by atomic mass is 9.80. The number of nitrogens with zero attached hydrogens (tertiary/aromatic N) is 3. The Morgan fingerprint density at radius 1 is 1.17 bits per heavy atom. The van der Waals surface area contributed by atoms with E-state index in [9.17, 15) is 14.7 Å². The molecule has 2 aromatic carbocycles. The van der Waals surface area contributed by atoms with Crippen molar-refractivity contribution in [3.63, 3.8) is 0 Å². The van der Waals surface area contributed by atoms with Gasteiger partial charge in [-0.25, -0.2) is 18.0 Å². The molecule has 0 radical (unpaired) electrons. The fraction of sp³-hybridized carbons (Fsp3) is 0.312. The molecule has 1 amide bonds. The number of amides is 1. The third-order valence-electron chi connectivity index (χ3n) is 8.96. The number of methoxy groups -OCH3 is 1. The van der Waals surface area contributed by atoms with Crippen molar-refractivity contribution in [2.45, 2.75) is 30.7 Å². The molecule has 1 aromatic heterocycles. The average Bonchev–Trinajstić information content (AvgIpc) is 3.41. The Bertz CT molecular complexity index is 1860. The van der Waals surface area contributed by atoms with E-state index in [1.54, 1.807) is 10.3 Å². The minimum atomic E-state index is -3.46. The van der Waals surface area contributed by atoms with Gasteiger partial charge >= 0.3 is 6.16 Å². The summed E-state index contributed by atoms with van der Waals surface area (Å²) in [6.07, 6.45) is -0.831. The second-order valence-electron chi connectivity index (χ2n) is 11.4. The van der Waals surface area contributed by atoms with Gasteiger partial charge in [0.1, 0.15) is 18.1 Å². The van der Waals surface area contributed by atoms with E-state index in [0.717, 1.165) is 29.2 Å². The number of hydrazine groups is 1. The lowest BCUT2D eigenvalue weighted by molar-refractivity contribution is -0.191. The molecule has 3 atom stereocenters. The van der Waals surface area contributed by atoms with Gasteiger partial charge in [-0.15, -0.1) is 11.3 Å². The molecule has 2 aliphatic carbocycles. The molecule has 0 spiro atoms. The largest absolute Gasteiger partial charge is 0.510 e. The summed E-state index contributed by atoms with van der Waals surface area (Å²) in [5.41, 5.74) is 2.43. The molecule has 4 heterocycles. The summed E-state index contributed by atoms with van der Waals surface area (Å²) in [7, 11) is 1.13. The highest BCUT2D eigenvalue weighted by atomic mass is 32.1. The van der Waals surface area contributed by atoms with Crippen LogP contribution in [-0.4, -0.2) is 78.0 Å². The van der Waals surface area contributed by atoms with E-state index < -0.39 is 60.9 Å². The SMILES string of the molecule is COC(=O)OCOC1=C2C(=O)N3CCOCC3N(C3c4ccccc4-c4scc5c4-c4c3ccc(F)c4C(F)(F)C5)N2C=CC1O. The van der Waals surface area contributed by atoms with Crippen molar-refractivity contribution in [1.82, 2.24) is 14.9 Å². The number of rotatable bonds is 4. The molecule has 8 rings (SSSR count). The van der Waals surface area contributed by atoms with Crippen molar-refractivity contribution in [1.29, 1.82) is 0 Å². The lowest BCUT2D eigenvalue weighted by Gasteiger charge is -2.55. The van der Waals surface area contributed by atoms with Gasteiger partial charge in [-0.2, -0.15) is 5.01 Å². The van der Waals surface area contributed by atoms with Crippen LogP contribution >= 0.6 is 11.3 Å². The number of morpholine rings is 1. The molecule has 1 N–H and O–H groups in total. The zero-order valence-electron chi connectivity index (χ0n) is 24.2. The number of fused-ring (bicyclic) bond motifs is 4. The van der Waals surface area contributed by atoms with Crippen LogP contribution in [0.4, 0.5) is 18.0 Å². The standard InChI is InChI=1S/C32H26F3N3O7S/c1-42-31(41)45-15-44-28-21(39)8-9-37-27(28)30(40)36-10-11-43-13-22(36)38(37)26-17-4-2-3-5-18(17)29-23-16(14-46-29)12-32(34,35)25-20(33)7-6-19(26)24(23)25/h2-9,14,21-22,26,39H,10-13,15H2,1H3. The third-order valence-corrected chi connectivity index (χ3v) is 10.0. The summed E-state index contributed by atoms with van der Waals surface area (Å²) >= 11 is 1.34. The minimum Gasteiger partial charge on any atom is -0.456 e. The van der Waals surface area contributed by atoms with Gasteiger partial charge in [0, 0.05) is 35.2 Å². The van der Waals surface area contributed by atoms with Crippen molar-refractivity contribution >= 4 is 23.4 Å². The molecule has 5 aliphatic rings. The number of benzene rings is 2. The summed E-state index contributed by atoms with van der Waals surface area (Å²) in [5, 5.41) is 16.0. The minimum absolute atomic E-state index is 0.0555. The maximum Gasteiger partial charge on any atom is 0.510 e. The summed E-state index contributed by atoms with van der Waals surface area (Å²) in [5.74, 6) is -5.10. The van der Waals surface area contributed by atoms with Crippen LogP contribution in [-0.2, 0) is 36.1 Å². The van der Waals surface area contributed by atoms with Crippen LogP contribution in [0.15, 0.2) is 65.5 Å². The number of hydrogen-bond acceptors (Lipinski definition) is 10. The quantitative estimate of drug-likeness (QED) is 0.313. The molecular formula is C32H26F3N3O7S. The van der Waals surface area contributed by atoms with Crippen molar-refractivity contribution in [3.05, 3.63) is 93.6 Å². The molecule has 3 unspecified atom stereocenters. The Balaban J connectivity index is 1.37. The second-order valence-corrected chi connectivity index (χ2v) is 12.2. The zero-order valence-corrected chi connectivity index (χ0v) is 25.1. The van der Waals surface area contributed by atoms with E-state index in [1.165, 1.54) is 34.7 Å². The number of ether oxygens (including phenoxy) is 4. The number of aliphatic hydroxyl groups excluding tert-OH is 1. The molecule has 238 valence electrons. The maximum absolute atomic E-state index is 15.8. The molecule has 2 saturated heterocycles. The number of halogens is 3. The fourth-order valence-electron chi connectivity index (χ4n) is 7.12. The van der Waals surface area contributed by atoms with Crippen LogP contribution in [0.3, 0.4) is 0 Å². The Kier molecular flexibility index (Phi) is 6.69. The Hall–Kier alpha value is -4.37. The van der Waals surface area contributed by atoms with Crippen LogP contribution in [0.5, 0.6) is 0 Å². The van der Waals surface area contributed by atoms with Crippen LogP contribution in [0.1, 0.15) is 28.3 Å². The van der Waals surface area contributed by atoms with E-state index in [1.807, 2.05) is 29.3 Å². The number of carbonyl (C=O) groups is 2. The first kappa shape index (κ1) is 29.1. The topological polar surface area (TPSA) is 101 Å². The molecule has 3 aliphatic heterocycles. The second kappa shape index (κ2) is 10.6. The Morgan fingerprint density at radius 2 is 2.00 bits per heavy atom. The highest BCUT2D eigenvalue weighted by molar-refractivity contribution is 7.14. The molecule has 10 nitrogen and oxygen atoms in total. The smallest absolute Gasteiger partial charge is 0.456 e. The van der Waals surface area contributed by atoms with Gasteiger partial charge in [-0.3, -0.25) is 9.80 Å². The van der Waals surface area contributed by atoms with Crippen LogP contribution < -0.4 is 0 Å². The molecule has 46 heavy (non-hydrogen) atoms. The summed E-state index contributed by atoms with van der Waals surface area (Å²) in [4.78, 5) is 28.0. The zero-order chi connectivity index (χ0) is 31.9. The molecule has 3 aromatic rings. The molecule has 2 fully saturated rings. The first-order valence-corrected chi connectivity index (χ1v) is 15.4. The monoisotopic (exact) mass is 653 g/mol. The molecule has 0 bridgehead atoms. The van der Waals surface area contributed by atoms with Crippen molar-refractivity contribution in [2.24, 2.45) is 0 Å². The summed E-state index contributed by atoms with van der Waals surface area (Å²) in [6.45, 7) is -0.142. The van der Waals surface area contributed by atoms with Crippen LogP contribution in [0.2, 0.25) is 0 Å². The number of hydrogen-bond donors (Lipinski definition) is 1. The highest BCUT2D eigenvalue weighted by Crippen LogP contribution is 2.58. The van der Waals surface area contributed by atoms with Gasteiger partial charge in [-0.05, 0) is 39.8 Å². The highest BCUT2D eigenvalue weighted by Gasteiger charge is 2.53. The normalized spacial score (nSPS) is 24.0. The average molecular weight is 654 g/mol. The number of carbonyl (C=O) groups excluding carboxylic acids is 2. The first-order valence-electron chi connectivity index (χ1n) is 14.5. The number of thiophene rings is 1. The van der Waals surface area contributed by atoms with Crippen molar-refractivity contribution < 1.29 is 46.8 Å². The van der Waals surface area contributed by atoms with Gasteiger partial charge < -0.3 is 29.0 Å². The van der Waals surface area contributed by atoms with Gasteiger partial charge in [0.15, 0.2) is 11.5 Å². The fourth-order valence-corrected chi connectivity index (χ4v) is 8.24. The van der Waals surface area contributed by atoms with Gasteiger partial charge in [0.2, 0.25) is 6.79 Å². The maximum atomic E-state index is 15.8. The number of alkyl halides is 2. The summed E-state index contributed by atoms with van der Waals surface area (Å²) < 4.78 is 68.1. The van der Waals surface area contributed by atoms with E-state index in [0.29, 0.717) is 16.7 Å². The van der Waals surface area contributed by atoms with Crippen molar-refractivity contribution in [2.75, 3.05) is 33.7 Å². The Labute approximate surface area is 264 Å². The van der Waals surface area contributed by atoms with Crippen LogP contribution in [0, 0.1) is 5.82 Å². The van der Waals surface area contributed by atoms with Crippen molar-refractivity contribution in [3.8, 4) is 21.6 Å². The molecule has 0 saturated carbocycles. The molecule has 14 heteroatoms. The third kappa shape index (κ3) is 4.13. The summed E-state index contributed by atoms with van der Waals surface area (Å²) in [6, 6.07) is 9.30. The number of aliphatic hydroxyl groups is 1. The van der Waals surface area contributed by atoms with Gasteiger partial charge in [-0.1, -0.05) is 30.3 Å². The van der Waals surface area contributed by atoms with Gasteiger partial charge in [0.05, 0.1) is 31.9 Å². The first-order chi connectivity index (χ1) is 22.2. The predicted octanol–water partition coefficient (Wildman–Crippen LogP) is 4.85. The predicted molar refractivity (Wildman–Crippen MR) is 156 cm³/mol. The van der Waals surface area contributed by atoms with E-state index >= 15 is 13.2 Å². The lowest BCUT2D eigenvalue weighted by Crippen LogP contribution is -2.68.